The Kier molecular flexibility index (Phi) is 5.23. The van der Waals surface area contributed by atoms with Crippen LogP contribution < -0.4 is 0 Å². The van der Waals surface area contributed by atoms with Gasteiger partial charge >= 0.3 is 5.97 Å². The van der Waals surface area contributed by atoms with Gasteiger partial charge in [-0.15, -0.1) is 0 Å². The zero-order chi connectivity index (χ0) is 10.9. The Labute approximate surface area is 90.6 Å². The monoisotopic (exact) mass is 204 g/mol. The highest BCUT2D eigenvalue weighted by molar-refractivity contribution is 5.65. The fourth-order valence-corrected chi connectivity index (χ4v) is 1.20. The second-order valence-electron chi connectivity index (χ2n) is 3.30. The fourth-order valence-electron chi connectivity index (χ4n) is 1.20. The maximum Gasteiger partial charge on any atom is 0.302 e. The highest BCUT2D eigenvalue weighted by Crippen LogP contribution is 2.02. The Morgan fingerprint density at radius 3 is 2.73 bits per heavy atom. The van der Waals surface area contributed by atoms with Crippen LogP contribution in [0.3, 0.4) is 0 Å². The van der Waals surface area contributed by atoms with E-state index in [2.05, 4.69) is 24.3 Å². The van der Waals surface area contributed by atoms with Crippen LogP contribution in [0.15, 0.2) is 36.4 Å². The number of rotatable bonds is 5. The van der Waals surface area contributed by atoms with Crippen LogP contribution in [-0.4, -0.2) is 12.6 Å². The van der Waals surface area contributed by atoms with E-state index in [4.69, 9.17) is 4.74 Å². The first-order chi connectivity index (χ1) is 7.29. The van der Waals surface area contributed by atoms with E-state index in [-0.39, 0.29) is 5.97 Å². The van der Waals surface area contributed by atoms with Gasteiger partial charge in [0.15, 0.2) is 0 Å². The van der Waals surface area contributed by atoms with E-state index in [0.29, 0.717) is 6.61 Å². The lowest BCUT2D eigenvalue weighted by Crippen LogP contribution is -1.99. The smallest absolute Gasteiger partial charge is 0.302 e. The maximum atomic E-state index is 10.5. The van der Waals surface area contributed by atoms with Gasteiger partial charge in [0.2, 0.25) is 0 Å². The van der Waals surface area contributed by atoms with Crippen molar-refractivity contribution in [3.05, 3.63) is 42.0 Å². The number of ether oxygens (including phenoxy) is 1. The average Bonchev–Trinajstić information content (AvgIpc) is 2.24. The van der Waals surface area contributed by atoms with Gasteiger partial charge in [-0.25, -0.2) is 0 Å². The molecule has 0 saturated heterocycles. The maximum absolute atomic E-state index is 10.5. The molecular formula is C13H16O2. The molecule has 80 valence electrons. The molecule has 15 heavy (non-hydrogen) atoms. The van der Waals surface area contributed by atoms with Crippen LogP contribution in [0.2, 0.25) is 0 Å². The van der Waals surface area contributed by atoms with Crippen molar-refractivity contribution in [3.8, 4) is 0 Å². The predicted molar refractivity (Wildman–Crippen MR) is 61.3 cm³/mol. The van der Waals surface area contributed by atoms with Crippen LogP contribution in [0.5, 0.6) is 0 Å². The number of carbonyl (C=O) groups is 1. The molecule has 1 aromatic rings. The molecular weight excluding hydrogens is 188 g/mol. The number of hydrogen-bond acceptors (Lipinski definition) is 2. The third-order valence-electron chi connectivity index (χ3n) is 1.93. The lowest BCUT2D eigenvalue weighted by Gasteiger charge is -1.98. The second-order valence-corrected chi connectivity index (χ2v) is 3.30. The lowest BCUT2D eigenvalue weighted by atomic mass is 10.2. The van der Waals surface area contributed by atoms with E-state index in [0.717, 1.165) is 12.8 Å². The van der Waals surface area contributed by atoms with Crippen molar-refractivity contribution in [2.24, 2.45) is 0 Å². The summed E-state index contributed by atoms with van der Waals surface area (Å²) in [5, 5.41) is 0. The van der Waals surface area contributed by atoms with Gasteiger partial charge in [0.25, 0.3) is 0 Å². The standard InChI is InChI=1S/C13H16O2/c1-12(14)15-11-7-3-6-10-13-8-4-2-5-9-13/h2,4-6,8-10H,3,7,11H2,1H3/b10-6-. The summed E-state index contributed by atoms with van der Waals surface area (Å²) in [6.45, 7) is 1.94. The van der Waals surface area contributed by atoms with Crippen LogP contribution in [-0.2, 0) is 9.53 Å². The molecule has 0 heterocycles. The van der Waals surface area contributed by atoms with Gasteiger partial charge in [-0.05, 0) is 18.4 Å². The summed E-state index contributed by atoms with van der Waals surface area (Å²) in [6, 6.07) is 10.1. The Bertz CT molecular complexity index is 315. The Hall–Kier alpha value is -1.57. The van der Waals surface area contributed by atoms with Crippen molar-refractivity contribution < 1.29 is 9.53 Å². The average molecular weight is 204 g/mol. The molecule has 2 heteroatoms. The number of benzene rings is 1. The minimum atomic E-state index is -0.206. The highest BCUT2D eigenvalue weighted by Gasteiger charge is 1.90. The van der Waals surface area contributed by atoms with Gasteiger partial charge in [-0.2, -0.15) is 0 Å². The predicted octanol–water partition coefficient (Wildman–Crippen LogP) is 3.04. The normalized spacial score (nSPS) is 10.5. The Morgan fingerprint density at radius 2 is 2.07 bits per heavy atom. The molecule has 0 aliphatic rings. The molecule has 0 bridgehead atoms. The summed E-state index contributed by atoms with van der Waals surface area (Å²) in [7, 11) is 0. The summed E-state index contributed by atoms with van der Waals surface area (Å²) in [5.74, 6) is -0.206. The molecule has 0 amide bonds. The first kappa shape index (κ1) is 11.5. The molecule has 0 atom stereocenters. The van der Waals surface area contributed by atoms with Crippen LogP contribution in [0.1, 0.15) is 25.3 Å². The zero-order valence-electron chi connectivity index (χ0n) is 8.98. The number of esters is 1. The van der Waals surface area contributed by atoms with E-state index in [1.165, 1.54) is 12.5 Å². The number of carbonyl (C=O) groups excluding carboxylic acids is 1. The SMILES string of the molecule is CC(=O)OCCC/C=C\c1ccccc1. The third-order valence-corrected chi connectivity index (χ3v) is 1.93. The summed E-state index contributed by atoms with van der Waals surface area (Å²) >= 11 is 0. The van der Waals surface area contributed by atoms with Crippen molar-refractivity contribution in [2.45, 2.75) is 19.8 Å². The van der Waals surface area contributed by atoms with Crippen molar-refractivity contribution >= 4 is 12.0 Å². The van der Waals surface area contributed by atoms with Crippen LogP contribution in [0.25, 0.3) is 6.08 Å². The molecule has 0 aliphatic heterocycles. The molecule has 0 aromatic heterocycles. The number of allylic oxidation sites excluding steroid dienone is 1. The molecule has 0 fully saturated rings. The van der Waals surface area contributed by atoms with Crippen LogP contribution in [0, 0.1) is 0 Å². The summed E-state index contributed by atoms with van der Waals surface area (Å²) < 4.78 is 4.82. The fraction of sp³-hybridized carbons (Fsp3) is 0.308. The van der Waals surface area contributed by atoms with E-state index in [1.807, 2.05) is 18.2 Å². The molecule has 0 spiro atoms. The third kappa shape index (κ3) is 5.68. The van der Waals surface area contributed by atoms with Gasteiger partial charge in [0, 0.05) is 6.92 Å². The van der Waals surface area contributed by atoms with E-state index < -0.39 is 0 Å². The molecule has 2 nitrogen and oxygen atoms in total. The molecule has 1 rings (SSSR count). The van der Waals surface area contributed by atoms with E-state index in [9.17, 15) is 4.79 Å². The number of unbranched alkanes of at least 4 members (excludes halogenated alkanes) is 1. The zero-order valence-corrected chi connectivity index (χ0v) is 8.98. The molecule has 0 saturated carbocycles. The molecule has 1 aromatic carbocycles. The van der Waals surface area contributed by atoms with Gasteiger partial charge in [-0.3, -0.25) is 4.79 Å². The summed E-state index contributed by atoms with van der Waals surface area (Å²) in [5.41, 5.74) is 1.20. The quantitative estimate of drug-likeness (QED) is 0.544. The Balaban J connectivity index is 2.15. The Morgan fingerprint density at radius 1 is 1.33 bits per heavy atom. The van der Waals surface area contributed by atoms with Gasteiger partial charge < -0.3 is 4.74 Å². The van der Waals surface area contributed by atoms with Gasteiger partial charge in [-0.1, -0.05) is 42.5 Å². The lowest BCUT2D eigenvalue weighted by molar-refractivity contribution is -0.141. The minimum absolute atomic E-state index is 0.206. The summed E-state index contributed by atoms with van der Waals surface area (Å²) in [6.07, 6.45) is 5.98. The van der Waals surface area contributed by atoms with E-state index >= 15 is 0 Å². The van der Waals surface area contributed by atoms with Crippen molar-refractivity contribution in [1.29, 1.82) is 0 Å². The molecule has 0 unspecified atom stereocenters. The second kappa shape index (κ2) is 6.82. The number of hydrogen-bond donors (Lipinski definition) is 0. The van der Waals surface area contributed by atoms with Crippen LogP contribution in [0.4, 0.5) is 0 Å². The topological polar surface area (TPSA) is 26.3 Å². The van der Waals surface area contributed by atoms with Crippen molar-refractivity contribution in [2.75, 3.05) is 6.61 Å². The van der Waals surface area contributed by atoms with Gasteiger partial charge in [0.05, 0.1) is 6.61 Å². The molecule has 0 N–H and O–H groups in total. The largest absolute Gasteiger partial charge is 0.466 e. The van der Waals surface area contributed by atoms with E-state index in [1.54, 1.807) is 0 Å². The highest BCUT2D eigenvalue weighted by atomic mass is 16.5. The summed E-state index contributed by atoms with van der Waals surface area (Å²) in [4.78, 5) is 10.5. The van der Waals surface area contributed by atoms with Crippen LogP contribution >= 0.6 is 0 Å². The first-order valence-electron chi connectivity index (χ1n) is 5.14. The molecule has 0 aliphatic carbocycles. The van der Waals surface area contributed by atoms with Crippen molar-refractivity contribution in [3.63, 3.8) is 0 Å². The van der Waals surface area contributed by atoms with Crippen molar-refractivity contribution in [1.82, 2.24) is 0 Å². The minimum Gasteiger partial charge on any atom is -0.466 e. The first-order valence-corrected chi connectivity index (χ1v) is 5.14. The molecule has 0 radical (unpaired) electrons. The van der Waals surface area contributed by atoms with Gasteiger partial charge in [0.1, 0.15) is 0 Å².